The van der Waals surface area contributed by atoms with E-state index in [0.717, 1.165) is 38.6 Å². The van der Waals surface area contributed by atoms with Crippen LogP contribution in [0.5, 0.6) is 0 Å². The molecule has 6 atom stereocenters. The Labute approximate surface area is 238 Å². The van der Waals surface area contributed by atoms with Gasteiger partial charge in [0.1, 0.15) is 11.4 Å². The van der Waals surface area contributed by atoms with Gasteiger partial charge in [0.2, 0.25) is 15.9 Å². The Morgan fingerprint density at radius 2 is 1.80 bits per heavy atom. The zero-order valence-electron chi connectivity index (χ0n) is 23.7. The minimum atomic E-state index is -3.36. The molecule has 40 heavy (non-hydrogen) atoms. The number of hydrogen-bond donors (Lipinski definition) is 5. The van der Waals surface area contributed by atoms with Gasteiger partial charge in [-0.15, -0.1) is 0 Å². The van der Waals surface area contributed by atoms with E-state index in [0.29, 0.717) is 58.6 Å². The smallest absolute Gasteiger partial charge is 0.227 e. The first kappa shape index (κ1) is 30.5. The van der Waals surface area contributed by atoms with Crippen LogP contribution in [0.4, 0.5) is 4.39 Å². The van der Waals surface area contributed by atoms with Crippen molar-refractivity contribution in [2.24, 2.45) is 22.8 Å². The van der Waals surface area contributed by atoms with Gasteiger partial charge in [0.25, 0.3) is 0 Å². The highest BCUT2D eigenvalue weighted by atomic mass is 32.2. The molecular weight excluding hydrogens is 537 g/mol. The van der Waals surface area contributed by atoms with Crippen LogP contribution in [0.15, 0.2) is 0 Å². The maximum Gasteiger partial charge on any atom is 0.227 e. The van der Waals surface area contributed by atoms with Crippen molar-refractivity contribution in [3.8, 4) is 0 Å². The molecule has 6 unspecified atom stereocenters. The average molecular weight is 588 g/mol. The fraction of sp³-hybridized carbons (Fsp3) is 0.963. The van der Waals surface area contributed by atoms with Crippen LogP contribution in [0.25, 0.3) is 0 Å². The quantitative estimate of drug-likeness (QED) is 0.247. The number of rotatable bonds is 7. The molecule has 4 heterocycles. The first-order chi connectivity index (χ1) is 19.2. The van der Waals surface area contributed by atoms with Gasteiger partial charge in [0.15, 0.2) is 0 Å². The van der Waals surface area contributed by atoms with E-state index in [4.69, 9.17) is 16.2 Å². The molecule has 0 bridgehead atoms. The van der Waals surface area contributed by atoms with Crippen molar-refractivity contribution in [1.82, 2.24) is 25.2 Å². The third kappa shape index (κ3) is 6.82. The number of nitrogens with two attached hydrogens (primary N) is 2. The number of hydrogen-bond acceptors (Lipinski definition) is 9. The van der Waals surface area contributed by atoms with Crippen molar-refractivity contribution in [3.05, 3.63) is 0 Å². The van der Waals surface area contributed by atoms with Crippen molar-refractivity contribution < 1.29 is 22.3 Å². The normalized spacial score (nSPS) is 35.5. The Bertz CT molecular complexity index is 953. The van der Waals surface area contributed by atoms with Gasteiger partial charge in [-0.1, -0.05) is 19.3 Å². The van der Waals surface area contributed by atoms with Crippen LogP contribution in [0.1, 0.15) is 57.8 Å². The highest BCUT2D eigenvalue weighted by Crippen LogP contribution is 2.46. The number of piperidine rings is 1. The minimum absolute atomic E-state index is 0.0847. The second-order valence-corrected chi connectivity index (χ2v) is 15.0. The molecule has 4 aliphatic heterocycles. The van der Waals surface area contributed by atoms with Crippen molar-refractivity contribution in [1.29, 1.82) is 0 Å². The number of carbonyl (C=O) groups is 1. The topological polar surface area (TPSA) is 155 Å². The summed E-state index contributed by atoms with van der Waals surface area (Å²) in [6.07, 6.45) is 6.22. The van der Waals surface area contributed by atoms with Crippen LogP contribution in [0, 0.1) is 11.3 Å². The number of ether oxygens (including phenoxy) is 1. The van der Waals surface area contributed by atoms with Crippen LogP contribution in [0.3, 0.4) is 0 Å². The van der Waals surface area contributed by atoms with E-state index in [1.165, 1.54) is 6.42 Å². The molecule has 1 saturated carbocycles. The molecule has 230 valence electrons. The van der Waals surface area contributed by atoms with E-state index in [1.54, 1.807) is 4.31 Å². The van der Waals surface area contributed by atoms with E-state index < -0.39 is 33.5 Å². The summed E-state index contributed by atoms with van der Waals surface area (Å²) in [7, 11) is -3.36. The lowest BCUT2D eigenvalue weighted by Gasteiger charge is -2.45. The Morgan fingerprint density at radius 3 is 2.48 bits per heavy atom. The molecule has 7 N–H and O–H groups in total. The predicted octanol–water partition coefficient (Wildman–Crippen LogP) is -0.530. The summed E-state index contributed by atoms with van der Waals surface area (Å²) in [6, 6.07) is -0.346. The number of amides is 1. The molecular formula is C27H50FN7O4S. The van der Waals surface area contributed by atoms with Crippen LogP contribution >= 0.6 is 0 Å². The zero-order chi connectivity index (χ0) is 28.3. The monoisotopic (exact) mass is 587 g/mol. The molecule has 5 rings (SSSR count). The van der Waals surface area contributed by atoms with Crippen LogP contribution in [-0.2, 0) is 19.6 Å². The van der Waals surface area contributed by atoms with Crippen molar-refractivity contribution in [2.75, 3.05) is 59.0 Å². The van der Waals surface area contributed by atoms with E-state index in [1.807, 2.05) is 0 Å². The summed E-state index contributed by atoms with van der Waals surface area (Å²) in [5.74, 6) is -0.848. The number of nitrogens with one attached hydrogen (secondary N) is 3. The molecule has 1 aliphatic carbocycles. The summed E-state index contributed by atoms with van der Waals surface area (Å²) in [5, 5.41) is 9.55. The summed E-state index contributed by atoms with van der Waals surface area (Å²) in [6.45, 7) is 4.57. The maximum atomic E-state index is 14.8. The Kier molecular flexibility index (Phi) is 10.0. The molecule has 11 nitrogen and oxygen atoms in total. The summed E-state index contributed by atoms with van der Waals surface area (Å²) in [5.41, 5.74) is 12.4. The number of sulfonamides is 1. The Hall–Kier alpha value is -0.930. The molecule has 5 fully saturated rings. The molecule has 0 aromatic rings. The lowest BCUT2D eigenvalue weighted by molar-refractivity contribution is -0.128. The summed E-state index contributed by atoms with van der Waals surface area (Å²) >= 11 is 0. The van der Waals surface area contributed by atoms with E-state index in [-0.39, 0.29) is 42.6 Å². The second kappa shape index (κ2) is 13.2. The Balaban J connectivity index is 1.23. The SMILES string of the molecule is NC(N)C(C(=O)NC1CNCCC1N1CCN(S(=O)(=O)C2CCOC2)CC1)C1CC2(CCCCC2)CC(F)CN1. The molecule has 1 amide bonds. The number of alkyl halides is 1. The first-order valence-electron chi connectivity index (χ1n) is 15.4. The lowest BCUT2D eigenvalue weighted by atomic mass is 9.66. The maximum absolute atomic E-state index is 14.8. The molecule has 0 aromatic carbocycles. The standard InChI is InChI=1S/C27H50FN7O4S/c28-19-14-27(6-2-1-3-7-27)15-21(32-16-19)24(25(29)30)26(36)33-22-17-31-8-4-23(22)34-9-11-35(12-10-34)40(37,38)20-5-13-39-18-20/h19-25,31-32H,1-18,29-30H2,(H,33,36). The third-order valence-electron chi connectivity index (χ3n) is 10.2. The first-order valence-corrected chi connectivity index (χ1v) is 16.9. The highest BCUT2D eigenvalue weighted by Gasteiger charge is 2.45. The van der Waals surface area contributed by atoms with Crippen LogP contribution in [-0.4, -0.2) is 118 Å². The average Bonchev–Trinajstić information content (AvgIpc) is 3.44. The molecule has 1 spiro atoms. The van der Waals surface area contributed by atoms with Crippen molar-refractivity contribution >= 4 is 15.9 Å². The van der Waals surface area contributed by atoms with Gasteiger partial charge in [0.05, 0.1) is 24.7 Å². The number of carbonyl (C=O) groups excluding carboxylic acids is 1. The fourth-order valence-corrected chi connectivity index (χ4v) is 9.75. The highest BCUT2D eigenvalue weighted by molar-refractivity contribution is 7.89. The minimum Gasteiger partial charge on any atom is -0.380 e. The van der Waals surface area contributed by atoms with Crippen molar-refractivity contribution in [2.45, 2.75) is 93.5 Å². The summed E-state index contributed by atoms with van der Waals surface area (Å²) in [4.78, 5) is 16.1. The molecule has 5 aliphatic rings. The lowest BCUT2D eigenvalue weighted by Crippen LogP contribution is -2.65. The van der Waals surface area contributed by atoms with Crippen LogP contribution in [0.2, 0.25) is 0 Å². The molecule has 0 radical (unpaired) electrons. The van der Waals surface area contributed by atoms with Gasteiger partial charge >= 0.3 is 0 Å². The van der Waals surface area contributed by atoms with E-state index in [2.05, 4.69) is 20.9 Å². The summed E-state index contributed by atoms with van der Waals surface area (Å²) < 4.78 is 47.8. The molecule has 4 saturated heterocycles. The van der Waals surface area contributed by atoms with Gasteiger partial charge in [-0.25, -0.2) is 12.8 Å². The molecule has 0 aromatic heterocycles. The Morgan fingerprint density at radius 1 is 1.05 bits per heavy atom. The van der Waals surface area contributed by atoms with Crippen molar-refractivity contribution in [3.63, 3.8) is 0 Å². The predicted molar refractivity (Wildman–Crippen MR) is 152 cm³/mol. The van der Waals surface area contributed by atoms with E-state index >= 15 is 0 Å². The third-order valence-corrected chi connectivity index (χ3v) is 12.5. The number of halogens is 1. The number of piperazine rings is 1. The van der Waals surface area contributed by atoms with Gasteiger partial charge in [-0.2, -0.15) is 4.31 Å². The van der Waals surface area contributed by atoms with Gasteiger partial charge < -0.3 is 32.2 Å². The van der Waals surface area contributed by atoms with Gasteiger partial charge in [-0.3, -0.25) is 9.69 Å². The van der Waals surface area contributed by atoms with Gasteiger partial charge in [0, 0.05) is 58.0 Å². The number of nitrogens with zero attached hydrogens (tertiary/aromatic N) is 2. The zero-order valence-corrected chi connectivity index (χ0v) is 24.6. The van der Waals surface area contributed by atoms with Crippen LogP contribution < -0.4 is 27.4 Å². The largest absolute Gasteiger partial charge is 0.380 e. The second-order valence-electron chi connectivity index (χ2n) is 12.8. The molecule has 13 heteroatoms. The van der Waals surface area contributed by atoms with Gasteiger partial charge in [-0.05, 0) is 50.5 Å². The fourth-order valence-electron chi connectivity index (χ4n) is 7.99. The van der Waals surface area contributed by atoms with E-state index in [9.17, 15) is 17.6 Å².